The molecule has 0 spiro atoms. The van der Waals surface area contributed by atoms with Gasteiger partial charge in [0.2, 0.25) is 17.7 Å². The van der Waals surface area contributed by atoms with Gasteiger partial charge in [-0.25, -0.2) is 4.79 Å². The molecule has 12 heteroatoms. The van der Waals surface area contributed by atoms with Crippen LogP contribution in [0.4, 0.5) is 0 Å². The van der Waals surface area contributed by atoms with Gasteiger partial charge < -0.3 is 37.6 Å². The molecule has 0 fully saturated rings. The first-order valence-electron chi connectivity index (χ1n) is 11.0. The van der Waals surface area contributed by atoms with E-state index in [9.17, 15) is 29.4 Å². The van der Waals surface area contributed by atoms with Gasteiger partial charge in [0.05, 0.1) is 12.1 Å². The SMILES string of the molecule is CC(O)C(NC(=O)C(Cc1ccccc1)NC(=O)C(CCCCN)NC(=O)C(N)CS)C(=O)O. The lowest BCUT2D eigenvalue weighted by atomic mass is 10.0. The molecule has 0 heterocycles. The van der Waals surface area contributed by atoms with Crippen LogP contribution < -0.4 is 27.4 Å². The molecule has 5 unspecified atom stereocenters. The van der Waals surface area contributed by atoms with E-state index in [-0.39, 0.29) is 18.6 Å². The summed E-state index contributed by atoms with van der Waals surface area (Å²) in [5.74, 6) is -3.31. The van der Waals surface area contributed by atoms with Crippen molar-refractivity contribution >= 4 is 36.3 Å². The number of aliphatic hydroxyl groups excluding tert-OH is 1. The number of nitrogens with one attached hydrogen (secondary N) is 3. The minimum atomic E-state index is -1.56. The first-order valence-corrected chi connectivity index (χ1v) is 11.7. The molecule has 0 bridgehead atoms. The van der Waals surface area contributed by atoms with Gasteiger partial charge in [-0.2, -0.15) is 12.6 Å². The molecule has 0 saturated carbocycles. The fourth-order valence-corrected chi connectivity index (χ4v) is 3.26. The molecule has 1 aromatic rings. The quantitative estimate of drug-likeness (QED) is 0.106. The third kappa shape index (κ3) is 10.1. The largest absolute Gasteiger partial charge is 0.480 e. The molecule has 190 valence electrons. The van der Waals surface area contributed by atoms with E-state index in [4.69, 9.17) is 11.5 Å². The average Bonchev–Trinajstić information content (AvgIpc) is 2.80. The first kappa shape index (κ1) is 29.4. The van der Waals surface area contributed by atoms with Crippen molar-refractivity contribution in [2.24, 2.45) is 11.5 Å². The van der Waals surface area contributed by atoms with Gasteiger partial charge in [0.15, 0.2) is 6.04 Å². The summed E-state index contributed by atoms with van der Waals surface area (Å²) in [6, 6.07) is 4.19. The molecule has 1 aromatic carbocycles. The average molecular weight is 498 g/mol. The monoisotopic (exact) mass is 497 g/mol. The molecule has 0 saturated heterocycles. The molecule has 9 N–H and O–H groups in total. The number of thiol groups is 1. The maximum absolute atomic E-state index is 13.1. The van der Waals surface area contributed by atoms with Gasteiger partial charge in [0.1, 0.15) is 12.1 Å². The van der Waals surface area contributed by atoms with Crippen LogP contribution in [0.2, 0.25) is 0 Å². The van der Waals surface area contributed by atoms with Crippen LogP contribution in [0.5, 0.6) is 0 Å². The van der Waals surface area contributed by atoms with Crippen LogP contribution in [0.3, 0.4) is 0 Å². The number of unbranched alkanes of at least 4 members (excludes halogenated alkanes) is 1. The summed E-state index contributed by atoms with van der Waals surface area (Å²) in [5, 5.41) is 26.5. The van der Waals surface area contributed by atoms with Crippen molar-refractivity contribution in [2.75, 3.05) is 12.3 Å². The number of rotatable bonds is 15. The van der Waals surface area contributed by atoms with Crippen LogP contribution in [-0.2, 0) is 25.6 Å². The molecule has 0 aliphatic heterocycles. The van der Waals surface area contributed by atoms with E-state index < -0.39 is 54.0 Å². The zero-order chi connectivity index (χ0) is 25.7. The standard InChI is InChI=1S/C22H35N5O6S/c1-13(28)18(22(32)33)27-21(31)17(11-14-7-3-2-4-8-14)26-20(30)16(9-5-6-10-23)25-19(29)15(24)12-34/h2-4,7-8,13,15-18,28,34H,5-6,9-12,23-24H2,1H3,(H,25,29)(H,26,30)(H,27,31)(H,32,33). The van der Waals surface area contributed by atoms with E-state index in [1.807, 2.05) is 0 Å². The Kier molecular flexibility index (Phi) is 13.2. The number of aliphatic hydroxyl groups is 1. The minimum Gasteiger partial charge on any atom is -0.480 e. The molecule has 5 atom stereocenters. The summed E-state index contributed by atoms with van der Waals surface area (Å²) in [6.45, 7) is 1.64. The number of nitrogens with two attached hydrogens (primary N) is 2. The number of carboxylic acids is 1. The van der Waals surface area contributed by atoms with Crippen LogP contribution in [0, 0.1) is 0 Å². The Morgan fingerprint density at radius 2 is 1.56 bits per heavy atom. The van der Waals surface area contributed by atoms with Crippen molar-refractivity contribution in [1.29, 1.82) is 0 Å². The minimum absolute atomic E-state index is 0.0597. The summed E-state index contributed by atoms with van der Waals surface area (Å²) in [5.41, 5.74) is 11.9. The molecular formula is C22H35N5O6S. The van der Waals surface area contributed by atoms with Crippen LogP contribution in [0.15, 0.2) is 30.3 Å². The van der Waals surface area contributed by atoms with Crippen molar-refractivity contribution in [3.8, 4) is 0 Å². The van der Waals surface area contributed by atoms with Gasteiger partial charge in [-0.3, -0.25) is 14.4 Å². The second-order valence-corrected chi connectivity index (χ2v) is 8.32. The van der Waals surface area contributed by atoms with Gasteiger partial charge in [-0.05, 0) is 38.3 Å². The van der Waals surface area contributed by atoms with E-state index in [1.54, 1.807) is 30.3 Å². The maximum Gasteiger partial charge on any atom is 0.328 e. The Hall–Kier alpha value is -2.67. The highest BCUT2D eigenvalue weighted by Crippen LogP contribution is 2.07. The number of hydrogen-bond donors (Lipinski definition) is 8. The molecule has 11 nitrogen and oxygen atoms in total. The molecule has 0 aliphatic rings. The summed E-state index contributed by atoms with van der Waals surface area (Å²) in [4.78, 5) is 49.7. The van der Waals surface area contributed by atoms with Gasteiger partial charge in [0.25, 0.3) is 0 Å². The number of amides is 3. The molecule has 0 radical (unpaired) electrons. The molecule has 3 amide bonds. The molecule has 0 aliphatic carbocycles. The molecular weight excluding hydrogens is 462 g/mol. The zero-order valence-electron chi connectivity index (χ0n) is 19.1. The van der Waals surface area contributed by atoms with E-state index in [2.05, 4.69) is 28.6 Å². The number of carbonyl (C=O) groups is 4. The first-order chi connectivity index (χ1) is 16.1. The van der Waals surface area contributed by atoms with Crippen LogP contribution in [0.25, 0.3) is 0 Å². The van der Waals surface area contributed by atoms with Gasteiger partial charge >= 0.3 is 5.97 Å². The predicted molar refractivity (Wildman–Crippen MR) is 130 cm³/mol. The number of hydrogen-bond acceptors (Lipinski definition) is 8. The summed E-state index contributed by atoms with van der Waals surface area (Å²) < 4.78 is 0. The smallest absolute Gasteiger partial charge is 0.328 e. The number of benzene rings is 1. The molecule has 0 aromatic heterocycles. The summed E-state index contributed by atoms with van der Waals surface area (Å²) in [6.07, 6.45) is 0.133. The topological polar surface area (TPSA) is 197 Å². The third-order valence-corrected chi connectivity index (χ3v) is 5.47. The van der Waals surface area contributed by atoms with Crippen LogP contribution in [-0.4, -0.2) is 76.5 Å². The van der Waals surface area contributed by atoms with Crippen LogP contribution in [0.1, 0.15) is 31.7 Å². The second-order valence-electron chi connectivity index (χ2n) is 7.95. The van der Waals surface area contributed by atoms with E-state index in [0.717, 1.165) is 0 Å². The van der Waals surface area contributed by atoms with Gasteiger partial charge in [-0.15, -0.1) is 0 Å². The predicted octanol–water partition coefficient (Wildman–Crippen LogP) is -1.46. The van der Waals surface area contributed by atoms with Crippen molar-refractivity contribution < 1.29 is 29.4 Å². The summed E-state index contributed by atoms with van der Waals surface area (Å²) in [7, 11) is 0. The third-order valence-electron chi connectivity index (χ3n) is 5.08. The Morgan fingerprint density at radius 3 is 2.09 bits per heavy atom. The van der Waals surface area contributed by atoms with Crippen LogP contribution >= 0.6 is 12.6 Å². The van der Waals surface area contributed by atoms with Crippen molar-refractivity contribution in [3.63, 3.8) is 0 Å². The zero-order valence-corrected chi connectivity index (χ0v) is 20.0. The lowest BCUT2D eigenvalue weighted by molar-refractivity contribution is -0.145. The lowest BCUT2D eigenvalue weighted by Crippen LogP contribution is -2.58. The van der Waals surface area contributed by atoms with E-state index >= 15 is 0 Å². The Bertz CT molecular complexity index is 810. The number of carboxylic acid groups (broad SMARTS) is 1. The fraction of sp³-hybridized carbons (Fsp3) is 0.545. The highest BCUT2D eigenvalue weighted by molar-refractivity contribution is 7.80. The fourth-order valence-electron chi connectivity index (χ4n) is 3.10. The van der Waals surface area contributed by atoms with Crippen molar-refractivity contribution in [3.05, 3.63) is 35.9 Å². The summed E-state index contributed by atoms with van der Waals surface area (Å²) >= 11 is 3.99. The number of carbonyl (C=O) groups excluding carboxylic acids is 3. The van der Waals surface area contributed by atoms with E-state index in [1.165, 1.54) is 6.92 Å². The maximum atomic E-state index is 13.1. The lowest BCUT2D eigenvalue weighted by Gasteiger charge is -2.26. The van der Waals surface area contributed by atoms with Crippen molar-refractivity contribution in [1.82, 2.24) is 16.0 Å². The molecule has 1 rings (SSSR count). The van der Waals surface area contributed by atoms with Gasteiger partial charge in [-0.1, -0.05) is 30.3 Å². The Labute approximate surface area is 204 Å². The number of aliphatic carboxylic acids is 1. The van der Waals surface area contributed by atoms with E-state index in [0.29, 0.717) is 24.9 Å². The molecule has 34 heavy (non-hydrogen) atoms. The Morgan fingerprint density at radius 1 is 0.971 bits per heavy atom. The van der Waals surface area contributed by atoms with Crippen molar-refractivity contribution in [2.45, 2.75) is 62.9 Å². The highest BCUT2D eigenvalue weighted by Gasteiger charge is 2.31. The van der Waals surface area contributed by atoms with Gasteiger partial charge in [0, 0.05) is 12.2 Å². The Balaban J connectivity index is 3.09. The normalized spacial score (nSPS) is 15.3. The second kappa shape index (κ2) is 15.3. The highest BCUT2D eigenvalue weighted by atomic mass is 32.1.